The van der Waals surface area contributed by atoms with Gasteiger partial charge in [-0.2, -0.15) is 8.78 Å². The fraction of sp³-hybridized carbons (Fsp3) is 0.941. The zero-order valence-corrected chi connectivity index (χ0v) is 15.8. The van der Waals surface area contributed by atoms with E-state index in [0.717, 1.165) is 24.2 Å². The van der Waals surface area contributed by atoms with E-state index < -0.39 is 32.7 Å². The maximum atomic E-state index is 14.5. The molecule has 0 atom stereocenters. The van der Waals surface area contributed by atoms with Crippen molar-refractivity contribution in [2.24, 2.45) is 0 Å². The molecule has 2 aliphatic heterocycles. The predicted molar refractivity (Wildman–Crippen MR) is 92.3 cm³/mol. The molecule has 3 fully saturated rings. The van der Waals surface area contributed by atoms with Gasteiger partial charge in [-0.3, -0.25) is 4.79 Å². The highest BCUT2D eigenvalue weighted by Crippen LogP contribution is 2.43. The molecule has 3 rings (SSSR count). The number of carbonyl (C=O) groups is 1. The van der Waals surface area contributed by atoms with Gasteiger partial charge in [-0.1, -0.05) is 19.3 Å². The summed E-state index contributed by atoms with van der Waals surface area (Å²) in [6.45, 7) is 1.02. The molecule has 1 N–H and O–H groups in total. The zero-order chi connectivity index (χ0) is 19.0. The Hall–Kier alpha value is -0.800. The summed E-state index contributed by atoms with van der Waals surface area (Å²) in [6.07, 6.45) is 3.86. The van der Waals surface area contributed by atoms with Gasteiger partial charge >= 0.3 is 5.92 Å². The van der Waals surface area contributed by atoms with Crippen LogP contribution in [0.2, 0.25) is 0 Å². The number of halogens is 2. The molecule has 1 amide bonds. The Morgan fingerprint density at radius 2 is 1.50 bits per heavy atom. The van der Waals surface area contributed by atoms with Crippen molar-refractivity contribution in [3.8, 4) is 0 Å². The van der Waals surface area contributed by atoms with Crippen molar-refractivity contribution in [1.29, 1.82) is 0 Å². The van der Waals surface area contributed by atoms with Crippen molar-refractivity contribution >= 4 is 15.9 Å². The van der Waals surface area contributed by atoms with E-state index in [1.54, 1.807) is 0 Å². The Morgan fingerprint density at radius 1 is 0.962 bits per heavy atom. The second-order valence-electron chi connectivity index (χ2n) is 7.81. The molecule has 2 heterocycles. The van der Waals surface area contributed by atoms with Crippen LogP contribution in [0.15, 0.2) is 0 Å². The lowest BCUT2D eigenvalue weighted by Crippen LogP contribution is -2.59. The average molecular weight is 394 g/mol. The van der Waals surface area contributed by atoms with E-state index in [4.69, 9.17) is 0 Å². The highest BCUT2D eigenvalue weighted by Gasteiger charge is 2.60. The molecule has 0 bridgehead atoms. The molecule has 0 spiro atoms. The van der Waals surface area contributed by atoms with Gasteiger partial charge in [-0.25, -0.2) is 12.7 Å². The van der Waals surface area contributed by atoms with Gasteiger partial charge in [0.15, 0.2) is 0 Å². The summed E-state index contributed by atoms with van der Waals surface area (Å²) in [6, 6.07) is 0. The zero-order valence-electron chi connectivity index (χ0n) is 15.0. The second-order valence-corrected chi connectivity index (χ2v) is 10.0. The van der Waals surface area contributed by atoms with Gasteiger partial charge < -0.3 is 10.0 Å². The Morgan fingerprint density at radius 3 is 2.04 bits per heavy atom. The maximum absolute atomic E-state index is 14.5. The number of hydrogen-bond donors (Lipinski definition) is 1. The largest absolute Gasteiger partial charge is 0.383 e. The van der Waals surface area contributed by atoms with E-state index in [-0.39, 0.29) is 38.8 Å². The molecular weight excluding hydrogens is 366 g/mol. The number of aliphatic hydroxyl groups is 1. The lowest BCUT2D eigenvalue weighted by atomic mass is 9.92. The van der Waals surface area contributed by atoms with Crippen molar-refractivity contribution in [2.75, 3.05) is 26.2 Å². The fourth-order valence-electron chi connectivity index (χ4n) is 4.36. The van der Waals surface area contributed by atoms with Crippen molar-refractivity contribution in [3.05, 3.63) is 0 Å². The van der Waals surface area contributed by atoms with Crippen LogP contribution >= 0.6 is 0 Å². The van der Waals surface area contributed by atoms with Crippen molar-refractivity contribution in [1.82, 2.24) is 9.21 Å². The first-order valence-electron chi connectivity index (χ1n) is 9.57. The van der Waals surface area contributed by atoms with E-state index in [1.165, 1.54) is 4.31 Å². The lowest BCUT2D eigenvalue weighted by Gasteiger charge is -2.39. The first kappa shape index (κ1) is 19.9. The molecule has 0 aromatic rings. The number of sulfonamides is 1. The molecule has 0 aromatic heterocycles. The summed E-state index contributed by atoms with van der Waals surface area (Å²) in [5, 5.41) is 9.55. The topological polar surface area (TPSA) is 77.9 Å². The van der Waals surface area contributed by atoms with Crippen LogP contribution in [0.4, 0.5) is 8.78 Å². The molecule has 1 aliphatic carbocycles. The van der Waals surface area contributed by atoms with E-state index >= 15 is 0 Å². The van der Waals surface area contributed by atoms with E-state index in [0.29, 0.717) is 25.9 Å². The number of rotatable bonds is 4. The highest BCUT2D eigenvalue weighted by molar-refractivity contribution is 7.89. The summed E-state index contributed by atoms with van der Waals surface area (Å²) < 4.78 is 56.0. The molecular formula is C17H28F2N2O4S. The van der Waals surface area contributed by atoms with Gasteiger partial charge in [0.05, 0.1) is 5.25 Å². The molecule has 26 heavy (non-hydrogen) atoms. The van der Waals surface area contributed by atoms with Crippen LogP contribution in [0.3, 0.4) is 0 Å². The summed E-state index contributed by atoms with van der Waals surface area (Å²) in [5.74, 6) is -5.18. The SMILES string of the molecule is O=C(N1CCC(S(=O)(=O)N2CCCCC2)CC1)C(F)(F)C1(O)CCCC1. The lowest BCUT2D eigenvalue weighted by molar-refractivity contribution is -0.201. The van der Waals surface area contributed by atoms with Crippen molar-refractivity contribution in [2.45, 2.75) is 74.6 Å². The fourth-order valence-corrected chi connectivity index (χ4v) is 6.35. The quantitative estimate of drug-likeness (QED) is 0.788. The molecule has 150 valence electrons. The summed E-state index contributed by atoms with van der Waals surface area (Å²) >= 11 is 0. The van der Waals surface area contributed by atoms with E-state index in [2.05, 4.69) is 0 Å². The molecule has 3 aliphatic rings. The van der Waals surface area contributed by atoms with E-state index in [1.807, 2.05) is 0 Å². The number of carbonyl (C=O) groups excluding carboxylic acids is 1. The number of piperidine rings is 2. The molecule has 0 radical (unpaired) electrons. The molecule has 2 saturated heterocycles. The molecule has 1 saturated carbocycles. The van der Waals surface area contributed by atoms with Crippen LogP contribution in [0.5, 0.6) is 0 Å². The third kappa shape index (κ3) is 3.49. The number of hydrogen-bond acceptors (Lipinski definition) is 4. The summed E-state index contributed by atoms with van der Waals surface area (Å²) in [4.78, 5) is 13.4. The highest BCUT2D eigenvalue weighted by atomic mass is 32.2. The number of likely N-dealkylation sites (tertiary alicyclic amines) is 1. The third-order valence-electron chi connectivity index (χ3n) is 6.11. The van der Waals surface area contributed by atoms with Gasteiger partial charge in [-0.05, 0) is 38.5 Å². The Balaban J connectivity index is 1.62. The predicted octanol–water partition coefficient (Wildman–Crippen LogP) is 1.73. The van der Waals surface area contributed by atoms with Crippen LogP contribution in [0.1, 0.15) is 57.8 Å². The van der Waals surface area contributed by atoms with Crippen LogP contribution < -0.4 is 0 Å². The molecule has 0 unspecified atom stereocenters. The molecule has 9 heteroatoms. The average Bonchev–Trinajstić information content (AvgIpc) is 3.10. The maximum Gasteiger partial charge on any atom is 0.352 e. The summed E-state index contributed by atoms with van der Waals surface area (Å²) in [5.41, 5.74) is -2.26. The van der Waals surface area contributed by atoms with Gasteiger partial charge in [0.25, 0.3) is 5.91 Å². The minimum atomic E-state index is -3.82. The normalized spacial score (nSPS) is 26.2. The van der Waals surface area contributed by atoms with Crippen molar-refractivity contribution in [3.63, 3.8) is 0 Å². The first-order valence-corrected chi connectivity index (χ1v) is 11.1. The number of alkyl halides is 2. The Bertz CT molecular complexity index is 621. The third-order valence-corrected chi connectivity index (χ3v) is 8.51. The van der Waals surface area contributed by atoms with Crippen LogP contribution in [0.25, 0.3) is 0 Å². The number of amides is 1. The van der Waals surface area contributed by atoms with Crippen LogP contribution in [-0.4, -0.2) is 71.6 Å². The van der Waals surface area contributed by atoms with Crippen LogP contribution in [-0.2, 0) is 14.8 Å². The Labute approximate surface area is 153 Å². The van der Waals surface area contributed by atoms with Crippen LogP contribution in [0, 0.1) is 0 Å². The van der Waals surface area contributed by atoms with Gasteiger partial charge in [0, 0.05) is 26.2 Å². The minimum Gasteiger partial charge on any atom is -0.383 e. The summed E-state index contributed by atoms with van der Waals surface area (Å²) in [7, 11) is -3.44. The van der Waals surface area contributed by atoms with Crippen molar-refractivity contribution < 1.29 is 27.1 Å². The van der Waals surface area contributed by atoms with Gasteiger partial charge in [0.2, 0.25) is 10.0 Å². The monoisotopic (exact) mass is 394 g/mol. The van der Waals surface area contributed by atoms with Gasteiger partial charge in [0.1, 0.15) is 5.60 Å². The smallest absolute Gasteiger partial charge is 0.352 e. The Kier molecular flexibility index (Phi) is 5.61. The van der Waals surface area contributed by atoms with E-state index in [9.17, 15) is 27.1 Å². The second kappa shape index (κ2) is 7.31. The first-order chi connectivity index (χ1) is 12.2. The standard InChI is InChI=1S/C17H28F2N2O4S/c18-17(19,16(23)8-2-3-9-16)15(22)20-12-6-14(7-13-20)26(24,25)21-10-4-1-5-11-21/h14,23H,1-13H2. The van der Waals surface area contributed by atoms with Gasteiger partial charge in [-0.15, -0.1) is 0 Å². The minimum absolute atomic E-state index is 0.0117. The number of nitrogens with zero attached hydrogens (tertiary/aromatic N) is 2. The molecule has 0 aromatic carbocycles. The molecule has 6 nitrogen and oxygen atoms in total.